The van der Waals surface area contributed by atoms with Gasteiger partial charge in [-0.15, -0.1) is 0 Å². The summed E-state index contributed by atoms with van der Waals surface area (Å²) in [5.74, 6) is -0.874. The van der Waals surface area contributed by atoms with E-state index in [1.807, 2.05) is 24.0 Å². The van der Waals surface area contributed by atoms with Gasteiger partial charge in [-0.05, 0) is 44.0 Å². The first-order valence-corrected chi connectivity index (χ1v) is 10.9. The summed E-state index contributed by atoms with van der Waals surface area (Å²) in [4.78, 5) is 39.7. The lowest BCUT2D eigenvalue weighted by molar-refractivity contribution is -0.133. The number of anilines is 2. The lowest BCUT2D eigenvalue weighted by atomic mass is 9.95. The average Bonchev–Trinajstić information content (AvgIpc) is 3.31. The molecule has 172 valence electrons. The monoisotopic (exact) mass is 450 g/mol. The molecule has 9 heteroatoms. The van der Waals surface area contributed by atoms with Gasteiger partial charge in [-0.3, -0.25) is 14.6 Å². The number of nitrogens with zero attached hydrogens (tertiary/aromatic N) is 4. The molecule has 8 nitrogen and oxygen atoms in total. The van der Waals surface area contributed by atoms with Gasteiger partial charge in [0.1, 0.15) is 0 Å². The highest BCUT2D eigenvalue weighted by atomic mass is 19.1. The number of hydrogen-bond donors (Lipinski definition) is 2. The van der Waals surface area contributed by atoms with Crippen LogP contribution in [0, 0.1) is 18.7 Å². The molecule has 4 rings (SSSR count). The van der Waals surface area contributed by atoms with Gasteiger partial charge in [0, 0.05) is 50.6 Å². The van der Waals surface area contributed by atoms with Crippen molar-refractivity contribution >= 4 is 23.2 Å². The number of carbonyl (C=O) groups is 2. The molecular weight excluding hydrogens is 423 g/mol. The first-order chi connectivity index (χ1) is 15.8. The second-order valence-electron chi connectivity index (χ2n) is 8.42. The molecule has 0 spiro atoms. The maximum absolute atomic E-state index is 15.3. The molecule has 0 saturated carbocycles. The summed E-state index contributed by atoms with van der Waals surface area (Å²) in [6.07, 6.45) is 4.58. The Bertz CT molecular complexity index is 1170. The van der Waals surface area contributed by atoms with E-state index in [2.05, 4.69) is 20.3 Å². The molecule has 0 aliphatic carbocycles. The van der Waals surface area contributed by atoms with Gasteiger partial charge in [0.05, 0.1) is 23.3 Å². The third kappa shape index (κ3) is 4.87. The molecule has 33 heavy (non-hydrogen) atoms. The number of nitrogens with one attached hydrogen (secondary N) is 2. The lowest BCUT2D eigenvalue weighted by Gasteiger charge is -2.34. The van der Waals surface area contributed by atoms with Crippen LogP contribution in [0.5, 0.6) is 0 Å². The molecule has 0 atom stereocenters. The zero-order valence-electron chi connectivity index (χ0n) is 18.9. The van der Waals surface area contributed by atoms with Crippen molar-refractivity contribution in [1.82, 2.24) is 19.9 Å². The number of rotatable bonds is 5. The first-order valence-electron chi connectivity index (χ1n) is 10.9. The summed E-state index contributed by atoms with van der Waals surface area (Å²) >= 11 is 0. The van der Waals surface area contributed by atoms with Crippen LogP contribution in [0.3, 0.4) is 0 Å². The number of carbonyl (C=O) groups excluding carboxylic acids is 2. The topological polar surface area (TPSA) is 94.2 Å². The molecular formula is C24H27FN6O2. The third-order valence-electron chi connectivity index (χ3n) is 5.85. The molecule has 2 N–H and O–H groups in total. The smallest absolute Gasteiger partial charge is 0.291 e. The fourth-order valence-corrected chi connectivity index (χ4v) is 4.07. The van der Waals surface area contributed by atoms with Gasteiger partial charge in [-0.2, -0.15) is 0 Å². The average molecular weight is 451 g/mol. The summed E-state index contributed by atoms with van der Waals surface area (Å²) in [5, 5.41) is 2.62. The van der Waals surface area contributed by atoms with E-state index < -0.39 is 11.7 Å². The first kappa shape index (κ1) is 22.4. The number of imidazole rings is 1. The Hall–Kier alpha value is -3.75. The number of aromatic nitrogens is 3. The highest BCUT2D eigenvalue weighted by Gasteiger charge is 2.28. The molecule has 3 aromatic rings. The van der Waals surface area contributed by atoms with Crippen LogP contribution in [0.25, 0.3) is 11.3 Å². The van der Waals surface area contributed by atoms with E-state index in [9.17, 15) is 9.59 Å². The Morgan fingerprint density at radius 1 is 1.18 bits per heavy atom. The van der Waals surface area contributed by atoms with Crippen LogP contribution in [0.4, 0.5) is 15.8 Å². The van der Waals surface area contributed by atoms with Crippen molar-refractivity contribution in [1.29, 1.82) is 0 Å². The van der Waals surface area contributed by atoms with E-state index in [-0.39, 0.29) is 23.3 Å². The predicted molar refractivity (Wildman–Crippen MR) is 125 cm³/mol. The second-order valence-corrected chi connectivity index (χ2v) is 8.42. The number of hydrogen-bond acceptors (Lipinski definition) is 5. The number of piperidine rings is 1. The van der Waals surface area contributed by atoms with Crippen molar-refractivity contribution in [3.63, 3.8) is 0 Å². The number of pyridine rings is 1. The number of aryl methyl sites for hydroxylation is 1. The van der Waals surface area contributed by atoms with Gasteiger partial charge in [-0.25, -0.2) is 9.37 Å². The minimum atomic E-state index is -0.529. The fourth-order valence-electron chi connectivity index (χ4n) is 4.07. The van der Waals surface area contributed by atoms with E-state index in [0.717, 1.165) is 11.3 Å². The Morgan fingerprint density at radius 2 is 1.94 bits per heavy atom. The van der Waals surface area contributed by atoms with Crippen LogP contribution >= 0.6 is 0 Å². The van der Waals surface area contributed by atoms with Crippen LogP contribution < -0.4 is 10.2 Å². The maximum Gasteiger partial charge on any atom is 0.291 e. The quantitative estimate of drug-likeness (QED) is 0.621. The standard InChI is InChI=1S/C24H27FN6O2/c1-15-13-17(7-10-26-15)19-14-27-22(28-19)23(32)29-18-5-4-6-20(21(18)25)31-11-8-16(9-12-31)24(33)30(2)3/h4-7,10,13-14,16H,8-9,11-12H2,1-3H3,(H,27,28)(H,29,32). The van der Waals surface area contributed by atoms with Gasteiger partial charge in [0.25, 0.3) is 5.91 Å². The molecule has 1 saturated heterocycles. The molecule has 0 bridgehead atoms. The van der Waals surface area contributed by atoms with Crippen molar-refractivity contribution in [2.24, 2.45) is 5.92 Å². The maximum atomic E-state index is 15.3. The van der Waals surface area contributed by atoms with Crippen molar-refractivity contribution in [2.75, 3.05) is 37.4 Å². The van der Waals surface area contributed by atoms with Gasteiger partial charge >= 0.3 is 0 Å². The Morgan fingerprint density at radius 3 is 2.64 bits per heavy atom. The summed E-state index contributed by atoms with van der Waals surface area (Å²) in [6, 6.07) is 8.62. The van der Waals surface area contributed by atoms with Crippen LogP contribution in [0.2, 0.25) is 0 Å². The van der Waals surface area contributed by atoms with Crippen LogP contribution in [0.1, 0.15) is 29.2 Å². The zero-order chi connectivity index (χ0) is 23.5. The minimum absolute atomic E-state index is 0.0421. The molecule has 0 radical (unpaired) electrons. The fraction of sp³-hybridized carbons (Fsp3) is 0.333. The van der Waals surface area contributed by atoms with E-state index in [4.69, 9.17) is 0 Å². The normalized spacial score (nSPS) is 14.2. The predicted octanol–water partition coefficient (Wildman–Crippen LogP) is 3.48. The van der Waals surface area contributed by atoms with E-state index in [1.165, 1.54) is 6.07 Å². The lowest BCUT2D eigenvalue weighted by Crippen LogP contribution is -2.40. The highest BCUT2D eigenvalue weighted by Crippen LogP contribution is 2.30. The SMILES string of the molecule is Cc1cc(-c2cnc(C(=O)Nc3cccc(N4CCC(C(=O)N(C)C)CC4)c3F)[nH]2)ccn1. The summed E-state index contributed by atoms with van der Waals surface area (Å²) in [6.45, 7) is 3.03. The molecule has 2 aromatic heterocycles. The molecule has 0 unspecified atom stereocenters. The molecule has 1 aromatic carbocycles. The van der Waals surface area contributed by atoms with Crippen LogP contribution in [-0.2, 0) is 4.79 Å². The van der Waals surface area contributed by atoms with Crippen molar-refractivity contribution in [3.05, 3.63) is 60.1 Å². The Labute approximate surface area is 191 Å². The number of amides is 2. The van der Waals surface area contributed by atoms with Crippen LogP contribution in [-0.4, -0.2) is 58.9 Å². The number of benzene rings is 1. The summed E-state index contributed by atoms with van der Waals surface area (Å²) < 4.78 is 15.3. The van der Waals surface area contributed by atoms with Crippen LogP contribution in [0.15, 0.2) is 42.7 Å². The van der Waals surface area contributed by atoms with Crippen molar-refractivity contribution in [2.45, 2.75) is 19.8 Å². The second kappa shape index (κ2) is 9.40. The summed E-state index contributed by atoms with van der Waals surface area (Å²) in [7, 11) is 3.50. The van der Waals surface area contributed by atoms with Gasteiger partial charge in [-0.1, -0.05) is 6.07 Å². The Kier molecular flexibility index (Phi) is 6.39. The molecule has 2 amide bonds. The molecule has 1 aliphatic heterocycles. The van der Waals surface area contributed by atoms with Gasteiger partial charge in [0.2, 0.25) is 5.91 Å². The minimum Gasteiger partial charge on any atom is -0.369 e. The Balaban J connectivity index is 1.45. The van der Waals surface area contributed by atoms with Gasteiger partial charge < -0.3 is 20.1 Å². The molecule has 1 aliphatic rings. The number of halogens is 1. The van der Waals surface area contributed by atoms with E-state index in [1.54, 1.807) is 43.5 Å². The highest BCUT2D eigenvalue weighted by molar-refractivity contribution is 6.02. The van der Waals surface area contributed by atoms with E-state index >= 15 is 4.39 Å². The molecule has 3 heterocycles. The zero-order valence-corrected chi connectivity index (χ0v) is 18.9. The largest absolute Gasteiger partial charge is 0.369 e. The van der Waals surface area contributed by atoms with Gasteiger partial charge in [0.15, 0.2) is 11.6 Å². The number of aromatic amines is 1. The summed E-state index contributed by atoms with van der Waals surface area (Å²) in [5.41, 5.74) is 2.88. The number of H-pyrrole nitrogens is 1. The van der Waals surface area contributed by atoms with Crippen molar-refractivity contribution < 1.29 is 14.0 Å². The van der Waals surface area contributed by atoms with E-state index in [0.29, 0.717) is 37.3 Å². The third-order valence-corrected chi connectivity index (χ3v) is 5.85. The molecule has 1 fully saturated rings. The van der Waals surface area contributed by atoms with Crippen molar-refractivity contribution in [3.8, 4) is 11.3 Å².